The van der Waals surface area contributed by atoms with Gasteiger partial charge in [0.05, 0.1) is 11.8 Å². The van der Waals surface area contributed by atoms with E-state index < -0.39 is 0 Å². The molecule has 0 spiro atoms. The zero-order valence-electron chi connectivity index (χ0n) is 8.85. The van der Waals surface area contributed by atoms with Gasteiger partial charge in [0.2, 0.25) is 0 Å². The van der Waals surface area contributed by atoms with Crippen LogP contribution in [-0.4, -0.2) is 15.6 Å². The molecule has 1 heterocycles. The van der Waals surface area contributed by atoms with Gasteiger partial charge >= 0.3 is 0 Å². The maximum atomic E-state index is 12.1. The normalized spacial score (nSPS) is 10.4. The zero-order chi connectivity index (χ0) is 11.5. The summed E-state index contributed by atoms with van der Waals surface area (Å²) < 4.78 is 2.55. The second kappa shape index (κ2) is 4.61. The van der Waals surface area contributed by atoms with Crippen molar-refractivity contribution in [2.75, 3.05) is 0 Å². The fourth-order valence-electron chi connectivity index (χ4n) is 1.45. The van der Waals surface area contributed by atoms with E-state index in [9.17, 15) is 4.79 Å². The molecule has 0 unspecified atom stereocenters. The van der Waals surface area contributed by atoms with Crippen LogP contribution in [0.15, 0.2) is 41.1 Å². The van der Waals surface area contributed by atoms with Crippen LogP contribution in [-0.2, 0) is 6.54 Å². The van der Waals surface area contributed by atoms with Crippen LogP contribution in [0.5, 0.6) is 0 Å². The molecule has 1 aromatic carbocycles. The number of carbonyl (C=O) groups is 1. The van der Waals surface area contributed by atoms with E-state index >= 15 is 0 Å². The Bertz CT molecular complexity index is 519. The molecule has 2 rings (SSSR count). The van der Waals surface area contributed by atoms with Crippen molar-refractivity contribution in [3.8, 4) is 0 Å². The minimum absolute atomic E-state index is 0.00725. The summed E-state index contributed by atoms with van der Waals surface area (Å²) in [5, 5.41) is 4.09. The van der Waals surface area contributed by atoms with E-state index in [0.29, 0.717) is 11.1 Å². The SMILES string of the molecule is CCn1cc(C(=O)c2ccccc2Br)cn1. The Morgan fingerprint density at radius 2 is 2.19 bits per heavy atom. The number of aromatic nitrogens is 2. The smallest absolute Gasteiger partial charge is 0.197 e. The molecule has 3 nitrogen and oxygen atoms in total. The van der Waals surface area contributed by atoms with Crippen molar-refractivity contribution in [2.24, 2.45) is 0 Å². The van der Waals surface area contributed by atoms with Crippen LogP contribution in [0.25, 0.3) is 0 Å². The predicted octanol–water partition coefficient (Wildman–Crippen LogP) is 2.90. The third kappa shape index (κ3) is 2.07. The molecule has 0 saturated carbocycles. The van der Waals surface area contributed by atoms with Gasteiger partial charge < -0.3 is 0 Å². The number of ketones is 1. The third-order valence-electron chi connectivity index (χ3n) is 2.34. The first-order valence-electron chi connectivity index (χ1n) is 5.04. The van der Waals surface area contributed by atoms with Gasteiger partial charge in [0, 0.05) is 22.8 Å². The molecular weight excluding hydrogens is 268 g/mol. The van der Waals surface area contributed by atoms with E-state index in [1.165, 1.54) is 0 Å². The van der Waals surface area contributed by atoms with Gasteiger partial charge in [-0.1, -0.05) is 28.1 Å². The van der Waals surface area contributed by atoms with Gasteiger partial charge in [0.15, 0.2) is 5.78 Å². The summed E-state index contributed by atoms with van der Waals surface area (Å²) in [6, 6.07) is 7.39. The summed E-state index contributed by atoms with van der Waals surface area (Å²) in [6.07, 6.45) is 3.37. The van der Waals surface area contributed by atoms with Crippen molar-refractivity contribution in [1.82, 2.24) is 9.78 Å². The summed E-state index contributed by atoms with van der Waals surface area (Å²) >= 11 is 3.37. The molecule has 2 aromatic rings. The van der Waals surface area contributed by atoms with Gasteiger partial charge in [0.25, 0.3) is 0 Å². The highest BCUT2D eigenvalue weighted by molar-refractivity contribution is 9.10. The number of benzene rings is 1. The Kier molecular flexibility index (Phi) is 3.19. The van der Waals surface area contributed by atoms with Crippen LogP contribution >= 0.6 is 15.9 Å². The van der Waals surface area contributed by atoms with E-state index in [0.717, 1.165) is 11.0 Å². The lowest BCUT2D eigenvalue weighted by Gasteiger charge is -2.00. The van der Waals surface area contributed by atoms with Crippen LogP contribution in [0.2, 0.25) is 0 Å². The molecule has 0 aliphatic heterocycles. The number of rotatable bonds is 3. The van der Waals surface area contributed by atoms with Crippen molar-refractivity contribution in [2.45, 2.75) is 13.5 Å². The zero-order valence-corrected chi connectivity index (χ0v) is 10.4. The standard InChI is InChI=1S/C12H11BrN2O/c1-2-15-8-9(7-14-15)12(16)10-5-3-4-6-11(10)13/h3-8H,2H2,1H3. The fourth-order valence-corrected chi connectivity index (χ4v) is 1.92. The first-order valence-corrected chi connectivity index (χ1v) is 5.83. The Labute approximate surface area is 102 Å². The molecule has 0 bridgehead atoms. The van der Waals surface area contributed by atoms with Crippen molar-refractivity contribution >= 4 is 21.7 Å². The molecule has 82 valence electrons. The minimum atomic E-state index is -0.00725. The lowest BCUT2D eigenvalue weighted by Crippen LogP contribution is -2.01. The van der Waals surface area contributed by atoms with Crippen molar-refractivity contribution in [1.29, 1.82) is 0 Å². The molecule has 0 radical (unpaired) electrons. The van der Waals surface area contributed by atoms with E-state index in [4.69, 9.17) is 0 Å². The van der Waals surface area contributed by atoms with Crippen LogP contribution in [0, 0.1) is 0 Å². The van der Waals surface area contributed by atoms with Crippen molar-refractivity contribution in [3.05, 3.63) is 52.3 Å². The molecule has 0 saturated heterocycles. The van der Waals surface area contributed by atoms with Crippen LogP contribution in [0.4, 0.5) is 0 Å². The van der Waals surface area contributed by atoms with E-state index in [-0.39, 0.29) is 5.78 Å². The van der Waals surface area contributed by atoms with Gasteiger partial charge in [-0.05, 0) is 19.1 Å². The Morgan fingerprint density at radius 1 is 1.44 bits per heavy atom. The number of halogens is 1. The average molecular weight is 279 g/mol. The topological polar surface area (TPSA) is 34.9 Å². The summed E-state index contributed by atoms with van der Waals surface area (Å²) in [7, 11) is 0. The molecule has 16 heavy (non-hydrogen) atoms. The van der Waals surface area contributed by atoms with E-state index in [1.54, 1.807) is 23.1 Å². The van der Waals surface area contributed by atoms with Gasteiger partial charge in [-0.2, -0.15) is 5.10 Å². The van der Waals surface area contributed by atoms with E-state index in [2.05, 4.69) is 21.0 Å². The van der Waals surface area contributed by atoms with Crippen LogP contribution < -0.4 is 0 Å². The maximum Gasteiger partial charge on any atom is 0.197 e. The molecule has 0 aliphatic carbocycles. The fraction of sp³-hybridized carbons (Fsp3) is 0.167. The molecule has 0 N–H and O–H groups in total. The van der Waals surface area contributed by atoms with Crippen molar-refractivity contribution in [3.63, 3.8) is 0 Å². The predicted molar refractivity (Wildman–Crippen MR) is 65.5 cm³/mol. The average Bonchev–Trinajstić information content (AvgIpc) is 2.77. The molecular formula is C12H11BrN2O. The highest BCUT2D eigenvalue weighted by Gasteiger charge is 2.13. The van der Waals surface area contributed by atoms with Crippen LogP contribution in [0.3, 0.4) is 0 Å². The monoisotopic (exact) mass is 278 g/mol. The summed E-state index contributed by atoms with van der Waals surface area (Å²) in [5.41, 5.74) is 1.28. The number of nitrogens with zero attached hydrogens (tertiary/aromatic N) is 2. The molecule has 4 heteroatoms. The van der Waals surface area contributed by atoms with Gasteiger partial charge in [0.1, 0.15) is 0 Å². The quantitative estimate of drug-likeness (QED) is 0.810. The lowest BCUT2D eigenvalue weighted by atomic mass is 10.1. The van der Waals surface area contributed by atoms with Gasteiger partial charge in [-0.3, -0.25) is 9.48 Å². The summed E-state index contributed by atoms with van der Waals surface area (Å²) in [5.74, 6) is -0.00725. The number of hydrogen-bond acceptors (Lipinski definition) is 2. The molecule has 0 amide bonds. The van der Waals surface area contributed by atoms with E-state index in [1.807, 2.05) is 25.1 Å². The first-order chi connectivity index (χ1) is 7.72. The maximum absolute atomic E-state index is 12.1. The highest BCUT2D eigenvalue weighted by Crippen LogP contribution is 2.19. The molecule has 0 atom stereocenters. The number of carbonyl (C=O) groups excluding carboxylic acids is 1. The van der Waals surface area contributed by atoms with Gasteiger partial charge in [-0.15, -0.1) is 0 Å². The molecule has 1 aromatic heterocycles. The lowest BCUT2D eigenvalue weighted by molar-refractivity contribution is 0.103. The first kappa shape index (κ1) is 11.1. The largest absolute Gasteiger partial charge is 0.288 e. The Hall–Kier alpha value is -1.42. The third-order valence-corrected chi connectivity index (χ3v) is 3.03. The molecule has 0 fully saturated rings. The van der Waals surface area contributed by atoms with Gasteiger partial charge in [-0.25, -0.2) is 0 Å². The second-order valence-corrected chi connectivity index (χ2v) is 4.25. The Morgan fingerprint density at radius 3 is 2.81 bits per heavy atom. The molecule has 0 aliphatic rings. The summed E-state index contributed by atoms with van der Waals surface area (Å²) in [6.45, 7) is 2.75. The van der Waals surface area contributed by atoms with Crippen LogP contribution in [0.1, 0.15) is 22.8 Å². The second-order valence-electron chi connectivity index (χ2n) is 3.39. The number of hydrogen-bond donors (Lipinski definition) is 0. The number of aryl methyl sites for hydroxylation is 1. The van der Waals surface area contributed by atoms with Crippen molar-refractivity contribution < 1.29 is 4.79 Å². The highest BCUT2D eigenvalue weighted by atomic mass is 79.9. The minimum Gasteiger partial charge on any atom is -0.288 e. The summed E-state index contributed by atoms with van der Waals surface area (Å²) in [4.78, 5) is 12.1. The Balaban J connectivity index is 2.35.